The number of hydrogen-bond donors (Lipinski definition) is 0. The Hall–Kier alpha value is -2.86. The number of rotatable bonds is 7. The zero-order valence-electron chi connectivity index (χ0n) is 17.8. The van der Waals surface area contributed by atoms with E-state index in [1.807, 2.05) is 43.6 Å². The van der Waals surface area contributed by atoms with E-state index >= 15 is 0 Å². The summed E-state index contributed by atoms with van der Waals surface area (Å²) < 4.78 is 6.89. The Labute approximate surface area is 178 Å². The third kappa shape index (κ3) is 4.82. The lowest BCUT2D eigenvalue weighted by molar-refractivity contribution is 0.0578. The van der Waals surface area contributed by atoms with E-state index in [0.29, 0.717) is 11.6 Å². The van der Waals surface area contributed by atoms with Gasteiger partial charge in [0.2, 0.25) is 0 Å². The Morgan fingerprint density at radius 2 is 1.93 bits per heavy atom. The van der Waals surface area contributed by atoms with E-state index in [4.69, 9.17) is 4.42 Å². The fraction of sp³-hybridized carbons (Fsp3) is 0.417. The van der Waals surface area contributed by atoms with Gasteiger partial charge in [0.15, 0.2) is 0 Å². The summed E-state index contributed by atoms with van der Waals surface area (Å²) >= 11 is 0. The van der Waals surface area contributed by atoms with E-state index in [2.05, 4.69) is 34.3 Å². The van der Waals surface area contributed by atoms with Crippen LogP contribution in [0.5, 0.6) is 0 Å². The molecule has 0 spiro atoms. The first-order valence-corrected chi connectivity index (χ1v) is 10.6. The molecule has 1 atom stereocenters. The van der Waals surface area contributed by atoms with Gasteiger partial charge in [-0.05, 0) is 56.0 Å². The second kappa shape index (κ2) is 9.30. The summed E-state index contributed by atoms with van der Waals surface area (Å²) in [6.45, 7) is 2.99. The number of carbonyl (C=O) groups excluding carboxylic acids is 1. The zero-order valence-corrected chi connectivity index (χ0v) is 17.8. The van der Waals surface area contributed by atoms with Gasteiger partial charge in [-0.2, -0.15) is 5.10 Å². The van der Waals surface area contributed by atoms with Crippen molar-refractivity contribution < 1.29 is 9.21 Å². The molecule has 1 aromatic carbocycles. The van der Waals surface area contributed by atoms with Crippen molar-refractivity contribution in [2.45, 2.75) is 31.8 Å². The predicted octanol–water partition coefficient (Wildman–Crippen LogP) is 3.61. The number of furan rings is 1. The molecule has 4 rings (SSSR count). The van der Waals surface area contributed by atoms with E-state index in [1.54, 1.807) is 17.0 Å². The molecule has 1 aliphatic rings. The molecule has 0 unspecified atom stereocenters. The third-order valence-corrected chi connectivity index (χ3v) is 6.20. The predicted molar refractivity (Wildman–Crippen MR) is 116 cm³/mol. The lowest BCUT2D eigenvalue weighted by Gasteiger charge is -2.40. The molecule has 6 heteroatoms. The first-order valence-electron chi connectivity index (χ1n) is 10.6. The minimum absolute atomic E-state index is 0.00245. The Bertz CT molecular complexity index is 927. The van der Waals surface area contributed by atoms with Gasteiger partial charge in [-0.25, -0.2) is 0 Å². The highest BCUT2D eigenvalue weighted by atomic mass is 16.3. The van der Waals surface area contributed by atoms with Gasteiger partial charge in [0, 0.05) is 38.4 Å². The maximum Gasteiger partial charge on any atom is 0.274 e. The van der Waals surface area contributed by atoms with Crippen molar-refractivity contribution in [2.75, 3.05) is 20.1 Å². The van der Waals surface area contributed by atoms with Gasteiger partial charge >= 0.3 is 0 Å². The number of aromatic nitrogens is 2. The zero-order chi connectivity index (χ0) is 20.9. The van der Waals surface area contributed by atoms with Crippen LogP contribution in [0.25, 0.3) is 0 Å². The molecule has 1 aliphatic heterocycles. The number of aryl methyl sites for hydroxylation is 1. The van der Waals surface area contributed by atoms with Crippen LogP contribution < -0.4 is 0 Å². The first-order chi connectivity index (χ1) is 14.6. The number of carbonyl (C=O) groups is 1. The fourth-order valence-corrected chi connectivity index (χ4v) is 4.47. The smallest absolute Gasteiger partial charge is 0.274 e. The second-order valence-corrected chi connectivity index (χ2v) is 8.29. The second-order valence-electron chi connectivity index (χ2n) is 8.29. The first kappa shape index (κ1) is 20.4. The summed E-state index contributed by atoms with van der Waals surface area (Å²) in [7, 11) is 3.77. The van der Waals surface area contributed by atoms with Crippen LogP contribution in [0.15, 0.2) is 65.6 Å². The molecule has 1 amide bonds. The molecule has 158 valence electrons. The molecule has 0 aliphatic carbocycles. The Morgan fingerprint density at radius 3 is 2.57 bits per heavy atom. The summed E-state index contributed by atoms with van der Waals surface area (Å²) in [4.78, 5) is 17.5. The topological polar surface area (TPSA) is 54.5 Å². The van der Waals surface area contributed by atoms with Gasteiger partial charge < -0.3 is 9.32 Å². The van der Waals surface area contributed by atoms with Gasteiger partial charge in [-0.15, -0.1) is 0 Å². The quantitative estimate of drug-likeness (QED) is 0.602. The largest absolute Gasteiger partial charge is 0.472 e. The molecule has 0 saturated carbocycles. The Kier molecular flexibility index (Phi) is 6.33. The van der Waals surface area contributed by atoms with Crippen molar-refractivity contribution in [3.8, 4) is 0 Å². The SMILES string of the molecule is CN(C(=O)c1ccn(C)n1)[C@@H](Cc1ccccc1)C1CCN(Cc2ccoc2)CC1. The van der Waals surface area contributed by atoms with Crippen LogP contribution in [-0.4, -0.2) is 51.7 Å². The number of likely N-dealkylation sites (tertiary alicyclic amines) is 1. The highest BCUT2D eigenvalue weighted by molar-refractivity contribution is 5.92. The van der Waals surface area contributed by atoms with E-state index in [-0.39, 0.29) is 11.9 Å². The third-order valence-electron chi connectivity index (χ3n) is 6.20. The van der Waals surface area contributed by atoms with Crippen molar-refractivity contribution in [3.63, 3.8) is 0 Å². The molecular weight excluding hydrogens is 376 g/mol. The average molecular weight is 407 g/mol. The molecule has 3 heterocycles. The Balaban J connectivity index is 1.46. The number of likely N-dealkylation sites (N-methyl/N-ethyl adjacent to an activating group) is 1. The van der Waals surface area contributed by atoms with E-state index < -0.39 is 0 Å². The number of nitrogens with zero attached hydrogens (tertiary/aromatic N) is 4. The van der Waals surface area contributed by atoms with Crippen LogP contribution in [-0.2, 0) is 20.0 Å². The lowest BCUT2D eigenvalue weighted by Crippen LogP contribution is -2.47. The maximum absolute atomic E-state index is 13.1. The molecule has 3 aromatic rings. The van der Waals surface area contributed by atoms with E-state index in [0.717, 1.165) is 38.9 Å². The van der Waals surface area contributed by atoms with Gasteiger partial charge in [-0.3, -0.25) is 14.4 Å². The summed E-state index contributed by atoms with van der Waals surface area (Å²) in [6, 6.07) is 14.5. The number of hydrogen-bond acceptors (Lipinski definition) is 4. The molecular formula is C24H30N4O2. The van der Waals surface area contributed by atoms with Crippen LogP contribution in [0.1, 0.15) is 34.5 Å². The molecule has 6 nitrogen and oxygen atoms in total. The van der Waals surface area contributed by atoms with Crippen molar-refractivity contribution in [1.29, 1.82) is 0 Å². The normalized spacial score (nSPS) is 16.5. The summed E-state index contributed by atoms with van der Waals surface area (Å²) in [5, 5.41) is 4.33. The van der Waals surface area contributed by atoms with Crippen LogP contribution in [0.3, 0.4) is 0 Å². The maximum atomic E-state index is 13.1. The monoisotopic (exact) mass is 406 g/mol. The molecule has 0 radical (unpaired) electrons. The van der Waals surface area contributed by atoms with Gasteiger partial charge in [-0.1, -0.05) is 30.3 Å². The highest BCUT2D eigenvalue weighted by Crippen LogP contribution is 2.28. The molecule has 2 aromatic heterocycles. The van der Waals surface area contributed by atoms with Crippen LogP contribution in [0, 0.1) is 5.92 Å². The Morgan fingerprint density at radius 1 is 1.17 bits per heavy atom. The molecule has 30 heavy (non-hydrogen) atoms. The molecule has 0 bridgehead atoms. The minimum Gasteiger partial charge on any atom is -0.472 e. The van der Waals surface area contributed by atoms with Crippen LogP contribution >= 0.6 is 0 Å². The van der Waals surface area contributed by atoms with Crippen molar-refractivity contribution in [1.82, 2.24) is 19.6 Å². The standard InChI is InChI=1S/C24H30N4O2/c1-26-12-10-22(25-26)24(29)27(2)23(16-19-6-4-3-5-7-19)21-8-13-28(14-9-21)17-20-11-15-30-18-20/h3-7,10-12,15,18,21,23H,8-9,13-14,16-17H2,1-2H3/t23-/m0/s1. The molecule has 1 fully saturated rings. The van der Waals surface area contributed by atoms with Gasteiger partial charge in [0.25, 0.3) is 5.91 Å². The van der Waals surface area contributed by atoms with Crippen molar-refractivity contribution >= 4 is 5.91 Å². The highest BCUT2D eigenvalue weighted by Gasteiger charge is 2.32. The minimum atomic E-state index is -0.00245. The molecule has 1 saturated heterocycles. The fourth-order valence-electron chi connectivity index (χ4n) is 4.47. The summed E-state index contributed by atoms with van der Waals surface area (Å²) in [6.07, 6.45) is 8.40. The van der Waals surface area contributed by atoms with Gasteiger partial charge in [0.05, 0.1) is 12.5 Å². The van der Waals surface area contributed by atoms with Crippen molar-refractivity contribution in [3.05, 3.63) is 78.0 Å². The van der Waals surface area contributed by atoms with Crippen molar-refractivity contribution in [2.24, 2.45) is 13.0 Å². The van der Waals surface area contributed by atoms with Crippen LogP contribution in [0.2, 0.25) is 0 Å². The van der Waals surface area contributed by atoms with Gasteiger partial charge in [0.1, 0.15) is 5.69 Å². The summed E-state index contributed by atoms with van der Waals surface area (Å²) in [5.41, 5.74) is 3.00. The lowest BCUT2D eigenvalue weighted by atomic mass is 9.84. The van der Waals surface area contributed by atoms with Crippen LogP contribution in [0.4, 0.5) is 0 Å². The number of piperidine rings is 1. The summed E-state index contributed by atoms with van der Waals surface area (Å²) in [5.74, 6) is 0.459. The number of amides is 1. The molecule has 0 N–H and O–H groups in total. The average Bonchev–Trinajstić information content (AvgIpc) is 3.44. The van der Waals surface area contributed by atoms with E-state index in [1.165, 1.54) is 11.1 Å². The van der Waals surface area contributed by atoms with E-state index in [9.17, 15) is 4.79 Å². The number of benzene rings is 1.